The number of para-hydroxylation sites is 2. The van der Waals surface area contributed by atoms with Gasteiger partial charge in [0.2, 0.25) is 5.91 Å². The van der Waals surface area contributed by atoms with Crippen LogP contribution in [0.15, 0.2) is 83.8 Å². The Morgan fingerprint density at radius 3 is 2.37 bits per heavy atom. The van der Waals surface area contributed by atoms with Gasteiger partial charge in [-0.05, 0) is 48.7 Å². The van der Waals surface area contributed by atoms with Gasteiger partial charge in [0.05, 0.1) is 10.6 Å². The number of carbonyl (C=O) groups excluding carboxylic acids is 1. The lowest BCUT2D eigenvalue weighted by Gasteiger charge is -2.32. The number of nitrogens with zero attached hydrogens (tertiary/aromatic N) is 2. The Morgan fingerprint density at radius 1 is 0.933 bits per heavy atom. The molecular weight excluding hydrogens is 403 g/mol. The smallest absolute Gasteiger partial charge is 0.264 e. The van der Waals surface area contributed by atoms with Crippen molar-refractivity contribution in [2.24, 2.45) is 0 Å². The van der Waals surface area contributed by atoms with Crippen molar-refractivity contribution in [2.75, 3.05) is 22.3 Å². The first-order chi connectivity index (χ1) is 14.5. The van der Waals surface area contributed by atoms with Gasteiger partial charge in [0, 0.05) is 12.2 Å². The Kier molecular flexibility index (Phi) is 5.55. The summed E-state index contributed by atoms with van der Waals surface area (Å²) in [6, 6.07) is 20.9. The summed E-state index contributed by atoms with van der Waals surface area (Å²) in [6.07, 6.45) is 1.65. The third-order valence-electron chi connectivity index (χ3n) is 5.14. The summed E-state index contributed by atoms with van der Waals surface area (Å²) in [4.78, 5) is 14.8. The van der Waals surface area contributed by atoms with Crippen LogP contribution in [0.4, 0.5) is 15.8 Å². The number of sulfonamides is 1. The van der Waals surface area contributed by atoms with E-state index in [1.807, 2.05) is 24.3 Å². The molecule has 0 spiro atoms. The first-order valence-electron chi connectivity index (χ1n) is 9.69. The maximum Gasteiger partial charge on any atom is 0.264 e. The van der Waals surface area contributed by atoms with Crippen LogP contribution in [0, 0.1) is 5.82 Å². The Bertz CT molecular complexity index is 1170. The highest BCUT2D eigenvalue weighted by Crippen LogP contribution is 2.29. The van der Waals surface area contributed by atoms with Crippen LogP contribution >= 0.6 is 0 Å². The number of amides is 1. The third kappa shape index (κ3) is 3.80. The van der Waals surface area contributed by atoms with Crippen molar-refractivity contribution in [2.45, 2.75) is 17.7 Å². The molecule has 0 aromatic heterocycles. The minimum atomic E-state index is -4.14. The molecule has 0 aliphatic carbocycles. The van der Waals surface area contributed by atoms with Gasteiger partial charge in [0.25, 0.3) is 10.0 Å². The summed E-state index contributed by atoms with van der Waals surface area (Å²) in [5, 5.41) is 0. The molecule has 0 bridgehead atoms. The first kappa shape index (κ1) is 20.1. The second-order valence-electron chi connectivity index (χ2n) is 7.05. The molecule has 0 unspecified atom stereocenters. The molecular formula is C23H21FN2O3S. The van der Waals surface area contributed by atoms with E-state index < -0.39 is 28.3 Å². The molecule has 0 atom stereocenters. The van der Waals surface area contributed by atoms with Crippen molar-refractivity contribution < 1.29 is 17.6 Å². The van der Waals surface area contributed by atoms with E-state index in [0.29, 0.717) is 6.54 Å². The van der Waals surface area contributed by atoms with Gasteiger partial charge in [0.1, 0.15) is 12.4 Å². The minimum absolute atomic E-state index is 0.0000902. The van der Waals surface area contributed by atoms with E-state index in [1.165, 1.54) is 30.3 Å². The molecule has 1 aliphatic heterocycles. The SMILES string of the molecule is O=C(CN(c1ccccc1F)S(=O)(=O)c1ccccc1)N1CCCc2ccccc21. The molecule has 0 saturated carbocycles. The Labute approximate surface area is 175 Å². The topological polar surface area (TPSA) is 57.7 Å². The molecule has 0 radical (unpaired) electrons. The van der Waals surface area contributed by atoms with E-state index in [0.717, 1.165) is 28.4 Å². The van der Waals surface area contributed by atoms with Crippen molar-refractivity contribution in [1.29, 1.82) is 0 Å². The predicted octanol–water partition coefficient (Wildman–Crippen LogP) is 4.00. The van der Waals surface area contributed by atoms with Gasteiger partial charge in [-0.25, -0.2) is 12.8 Å². The molecule has 0 N–H and O–H groups in total. The first-order valence-corrected chi connectivity index (χ1v) is 11.1. The lowest BCUT2D eigenvalue weighted by molar-refractivity contribution is -0.117. The van der Waals surface area contributed by atoms with Crippen LogP contribution in [0.25, 0.3) is 0 Å². The van der Waals surface area contributed by atoms with Gasteiger partial charge in [-0.3, -0.25) is 9.10 Å². The van der Waals surface area contributed by atoms with Crippen molar-refractivity contribution in [3.05, 3.63) is 90.2 Å². The van der Waals surface area contributed by atoms with Gasteiger partial charge >= 0.3 is 0 Å². The summed E-state index contributed by atoms with van der Waals surface area (Å²) >= 11 is 0. The fourth-order valence-electron chi connectivity index (χ4n) is 3.67. The average molecular weight is 424 g/mol. The quantitative estimate of drug-likeness (QED) is 0.622. The number of hydrogen-bond acceptors (Lipinski definition) is 3. The second-order valence-corrected chi connectivity index (χ2v) is 8.92. The highest BCUT2D eigenvalue weighted by Gasteiger charge is 2.32. The van der Waals surface area contributed by atoms with Crippen LogP contribution < -0.4 is 9.21 Å². The van der Waals surface area contributed by atoms with E-state index in [2.05, 4.69) is 0 Å². The normalized spacial score (nSPS) is 13.6. The van der Waals surface area contributed by atoms with E-state index in [4.69, 9.17) is 0 Å². The number of benzene rings is 3. The summed E-state index contributed by atoms with van der Waals surface area (Å²) in [6.45, 7) is -0.00115. The molecule has 0 saturated heterocycles. The van der Waals surface area contributed by atoms with Gasteiger partial charge in [-0.2, -0.15) is 0 Å². The van der Waals surface area contributed by atoms with Crippen molar-refractivity contribution in [3.8, 4) is 0 Å². The number of carbonyl (C=O) groups is 1. The fourth-order valence-corrected chi connectivity index (χ4v) is 5.12. The van der Waals surface area contributed by atoms with Crippen LogP contribution in [0.2, 0.25) is 0 Å². The predicted molar refractivity (Wildman–Crippen MR) is 114 cm³/mol. The Morgan fingerprint density at radius 2 is 1.60 bits per heavy atom. The maximum absolute atomic E-state index is 14.6. The van der Waals surface area contributed by atoms with E-state index >= 15 is 0 Å². The molecule has 154 valence electrons. The van der Waals surface area contributed by atoms with Crippen LogP contribution in [-0.4, -0.2) is 27.4 Å². The molecule has 0 fully saturated rings. The summed E-state index contributed by atoms with van der Waals surface area (Å²) < 4.78 is 42.1. The summed E-state index contributed by atoms with van der Waals surface area (Å²) in [7, 11) is -4.14. The molecule has 5 nitrogen and oxygen atoms in total. The van der Waals surface area contributed by atoms with Crippen LogP contribution in [0.1, 0.15) is 12.0 Å². The Hall–Kier alpha value is -3.19. The molecule has 1 aliphatic rings. The summed E-state index contributed by atoms with van der Waals surface area (Å²) in [5.74, 6) is -1.10. The van der Waals surface area contributed by atoms with Crippen molar-refractivity contribution >= 4 is 27.3 Å². The molecule has 1 heterocycles. The number of hydrogen-bond donors (Lipinski definition) is 0. The zero-order chi connectivity index (χ0) is 21.1. The molecule has 1 amide bonds. The minimum Gasteiger partial charge on any atom is -0.311 e. The second kappa shape index (κ2) is 8.28. The van der Waals surface area contributed by atoms with Gasteiger partial charge in [-0.1, -0.05) is 48.5 Å². The molecule has 4 rings (SSSR count). The summed E-state index contributed by atoms with van der Waals surface area (Å²) in [5.41, 5.74) is 1.67. The number of halogens is 1. The van der Waals surface area contributed by atoms with E-state index in [1.54, 1.807) is 29.2 Å². The number of rotatable bonds is 5. The Balaban J connectivity index is 1.73. The van der Waals surface area contributed by atoms with Crippen molar-refractivity contribution in [3.63, 3.8) is 0 Å². The van der Waals surface area contributed by atoms with Crippen molar-refractivity contribution in [1.82, 2.24) is 0 Å². The molecule has 7 heteroatoms. The van der Waals surface area contributed by atoms with Crippen LogP contribution in [0.5, 0.6) is 0 Å². The van der Waals surface area contributed by atoms with Gasteiger partial charge < -0.3 is 4.90 Å². The fraction of sp³-hybridized carbons (Fsp3) is 0.174. The lowest BCUT2D eigenvalue weighted by atomic mass is 10.0. The standard InChI is InChI=1S/C23H21FN2O3S/c24-20-13-5-7-15-22(20)26(30(28,29)19-11-2-1-3-12-19)17-23(27)25-16-8-10-18-9-4-6-14-21(18)25/h1-7,9,11-15H,8,10,16-17H2. The highest BCUT2D eigenvalue weighted by molar-refractivity contribution is 7.92. The average Bonchev–Trinajstić information content (AvgIpc) is 2.78. The van der Waals surface area contributed by atoms with E-state index in [-0.39, 0.29) is 10.6 Å². The maximum atomic E-state index is 14.6. The van der Waals surface area contributed by atoms with Crippen LogP contribution in [0.3, 0.4) is 0 Å². The number of fused-ring (bicyclic) bond motifs is 1. The lowest BCUT2D eigenvalue weighted by Crippen LogP contribution is -2.45. The third-order valence-corrected chi connectivity index (χ3v) is 6.92. The number of aryl methyl sites for hydroxylation is 1. The van der Waals surface area contributed by atoms with Gasteiger partial charge in [0.15, 0.2) is 0 Å². The highest BCUT2D eigenvalue weighted by atomic mass is 32.2. The van der Waals surface area contributed by atoms with Crippen LogP contribution in [-0.2, 0) is 21.2 Å². The largest absolute Gasteiger partial charge is 0.311 e. The number of anilines is 2. The van der Waals surface area contributed by atoms with E-state index in [9.17, 15) is 17.6 Å². The zero-order valence-electron chi connectivity index (χ0n) is 16.2. The van der Waals surface area contributed by atoms with Gasteiger partial charge in [-0.15, -0.1) is 0 Å². The monoisotopic (exact) mass is 424 g/mol. The molecule has 30 heavy (non-hydrogen) atoms. The molecule has 3 aromatic carbocycles. The molecule has 3 aromatic rings. The zero-order valence-corrected chi connectivity index (χ0v) is 17.1.